The molecule has 1 fully saturated rings. The van der Waals surface area contributed by atoms with Gasteiger partial charge in [-0.3, -0.25) is 4.79 Å². The number of carboxylic acid groups (broad SMARTS) is 1. The van der Waals surface area contributed by atoms with Crippen molar-refractivity contribution in [1.29, 1.82) is 0 Å². The van der Waals surface area contributed by atoms with Crippen molar-refractivity contribution in [3.8, 4) is 0 Å². The molecule has 1 rings (SSSR count). The second-order valence-electron chi connectivity index (χ2n) is 4.17. The van der Waals surface area contributed by atoms with E-state index in [9.17, 15) is 4.79 Å². The van der Waals surface area contributed by atoms with Gasteiger partial charge in [0.05, 0.1) is 12.5 Å². The van der Waals surface area contributed by atoms with Crippen LogP contribution in [-0.2, 0) is 4.79 Å². The van der Waals surface area contributed by atoms with Crippen LogP contribution in [0, 0.1) is 0 Å². The second-order valence-corrected chi connectivity index (χ2v) is 4.17. The highest BCUT2D eigenvalue weighted by molar-refractivity contribution is 5.76. The summed E-state index contributed by atoms with van der Waals surface area (Å²) < 4.78 is 0. The van der Waals surface area contributed by atoms with E-state index in [1.807, 2.05) is 0 Å². The van der Waals surface area contributed by atoms with E-state index < -0.39 is 5.97 Å². The molecule has 0 aromatic carbocycles. The van der Waals surface area contributed by atoms with E-state index >= 15 is 0 Å². The Labute approximate surface area is 95.3 Å². The molecule has 0 unspecified atom stereocenters. The van der Waals surface area contributed by atoms with Gasteiger partial charge in [0.15, 0.2) is 5.96 Å². The fraction of sp³-hybridized carbons (Fsp3) is 0.800. The first-order valence-corrected chi connectivity index (χ1v) is 5.61. The van der Waals surface area contributed by atoms with Gasteiger partial charge in [-0.25, -0.2) is 4.99 Å². The number of likely N-dealkylation sites (tertiary alicyclic amines) is 1. The Hall–Kier alpha value is -1.30. The van der Waals surface area contributed by atoms with Crippen LogP contribution in [0.3, 0.4) is 0 Å². The van der Waals surface area contributed by atoms with Crippen LogP contribution in [0.1, 0.15) is 25.7 Å². The third-order valence-electron chi connectivity index (χ3n) is 2.66. The van der Waals surface area contributed by atoms with Gasteiger partial charge in [-0.05, 0) is 25.9 Å². The Morgan fingerprint density at radius 2 is 1.94 bits per heavy atom. The number of piperidine rings is 1. The van der Waals surface area contributed by atoms with E-state index in [2.05, 4.69) is 9.89 Å². The normalized spacial score (nSPS) is 19.0. The number of carbonyl (C=O) groups is 1. The molecule has 0 saturated carbocycles. The van der Waals surface area contributed by atoms with Gasteiger partial charge < -0.3 is 21.5 Å². The predicted octanol–water partition coefficient (Wildman–Crippen LogP) is -0.411. The van der Waals surface area contributed by atoms with E-state index in [4.69, 9.17) is 16.6 Å². The Morgan fingerprint density at radius 3 is 2.44 bits per heavy atom. The summed E-state index contributed by atoms with van der Waals surface area (Å²) in [6.45, 7) is 2.65. The van der Waals surface area contributed by atoms with Crippen molar-refractivity contribution in [3.63, 3.8) is 0 Å². The minimum absolute atomic E-state index is 0.0194. The summed E-state index contributed by atoms with van der Waals surface area (Å²) in [5.74, 6) is -0.907. The van der Waals surface area contributed by atoms with E-state index in [1.165, 1.54) is 19.3 Å². The van der Waals surface area contributed by atoms with Crippen molar-refractivity contribution in [2.75, 3.05) is 19.6 Å². The second kappa shape index (κ2) is 6.32. The zero-order valence-corrected chi connectivity index (χ0v) is 9.43. The van der Waals surface area contributed by atoms with Crippen molar-refractivity contribution in [3.05, 3.63) is 0 Å². The third kappa shape index (κ3) is 4.97. The van der Waals surface area contributed by atoms with Crippen LogP contribution in [-0.4, -0.2) is 47.6 Å². The van der Waals surface area contributed by atoms with Gasteiger partial charge in [0.1, 0.15) is 0 Å². The molecule has 1 aliphatic rings. The Balaban J connectivity index is 2.47. The molecular weight excluding hydrogens is 208 g/mol. The van der Waals surface area contributed by atoms with Gasteiger partial charge >= 0.3 is 5.97 Å². The molecule has 1 saturated heterocycles. The highest BCUT2D eigenvalue weighted by atomic mass is 16.4. The molecule has 1 heterocycles. The molecule has 0 aromatic rings. The van der Waals surface area contributed by atoms with E-state index in [-0.39, 0.29) is 18.4 Å². The maximum atomic E-state index is 10.7. The summed E-state index contributed by atoms with van der Waals surface area (Å²) in [6, 6.07) is -0.333. The van der Waals surface area contributed by atoms with Crippen LogP contribution in [0.25, 0.3) is 0 Å². The van der Waals surface area contributed by atoms with Crippen LogP contribution < -0.4 is 11.5 Å². The molecule has 0 amide bonds. The van der Waals surface area contributed by atoms with Gasteiger partial charge in [-0.15, -0.1) is 0 Å². The van der Waals surface area contributed by atoms with E-state index in [1.54, 1.807) is 0 Å². The average molecular weight is 228 g/mol. The molecule has 6 nitrogen and oxygen atoms in total. The fourth-order valence-corrected chi connectivity index (χ4v) is 2.00. The largest absolute Gasteiger partial charge is 0.481 e. The van der Waals surface area contributed by atoms with E-state index in [0.29, 0.717) is 6.54 Å². The Bertz CT molecular complexity index is 258. The summed E-state index contributed by atoms with van der Waals surface area (Å²) in [6.07, 6.45) is 3.57. The van der Waals surface area contributed by atoms with Gasteiger partial charge in [-0.2, -0.15) is 0 Å². The first-order chi connectivity index (χ1) is 7.58. The van der Waals surface area contributed by atoms with Crippen molar-refractivity contribution < 1.29 is 9.90 Å². The lowest BCUT2D eigenvalue weighted by atomic mass is 10.1. The highest BCUT2D eigenvalue weighted by Gasteiger charge is 2.18. The summed E-state index contributed by atoms with van der Waals surface area (Å²) in [7, 11) is 0. The molecule has 6 heteroatoms. The number of hydrogen-bond donors (Lipinski definition) is 3. The maximum absolute atomic E-state index is 10.7. The fourth-order valence-electron chi connectivity index (χ4n) is 2.00. The smallest absolute Gasteiger partial charge is 0.305 e. The quantitative estimate of drug-likeness (QED) is 0.438. The summed E-state index contributed by atoms with van der Waals surface area (Å²) >= 11 is 0. The first-order valence-electron chi connectivity index (χ1n) is 5.61. The van der Waals surface area contributed by atoms with E-state index in [0.717, 1.165) is 13.1 Å². The minimum atomic E-state index is -0.869. The number of rotatable bonds is 5. The summed E-state index contributed by atoms with van der Waals surface area (Å²) in [5, 5.41) is 8.76. The lowest BCUT2D eigenvalue weighted by Gasteiger charge is -2.28. The van der Waals surface area contributed by atoms with Crippen LogP contribution in [0.2, 0.25) is 0 Å². The number of nitrogens with two attached hydrogens (primary N) is 2. The maximum Gasteiger partial charge on any atom is 0.305 e. The zero-order chi connectivity index (χ0) is 12.0. The van der Waals surface area contributed by atoms with Gasteiger partial charge in [-0.1, -0.05) is 6.42 Å². The first kappa shape index (κ1) is 12.8. The van der Waals surface area contributed by atoms with Crippen LogP contribution in [0.15, 0.2) is 4.99 Å². The predicted molar refractivity (Wildman–Crippen MR) is 62.1 cm³/mol. The van der Waals surface area contributed by atoms with Crippen LogP contribution in [0.4, 0.5) is 0 Å². The van der Waals surface area contributed by atoms with Crippen LogP contribution >= 0.6 is 0 Å². The van der Waals surface area contributed by atoms with Gasteiger partial charge in [0.25, 0.3) is 0 Å². The summed E-state index contributed by atoms with van der Waals surface area (Å²) in [4.78, 5) is 16.9. The minimum Gasteiger partial charge on any atom is -0.481 e. The van der Waals surface area contributed by atoms with Crippen molar-refractivity contribution in [1.82, 2.24) is 4.90 Å². The lowest BCUT2D eigenvalue weighted by Crippen LogP contribution is -2.38. The van der Waals surface area contributed by atoms with Crippen molar-refractivity contribution in [2.24, 2.45) is 16.5 Å². The molecule has 1 atom stereocenters. The van der Waals surface area contributed by atoms with Gasteiger partial charge in [0.2, 0.25) is 0 Å². The molecular formula is C10H20N4O2. The molecule has 0 radical (unpaired) electrons. The molecule has 0 bridgehead atoms. The summed E-state index contributed by atoms with van der Waals surface area (Å²) in [5.41, 5.74) is 10.6. The standard InChI is InChI=1S/C10H20N4O2/c11-10(12)13-8(6-9(15)16)7-14-4-2-1-3-5-14/h8H,1-7H2,(H,15,16)(H4,11,12,13)/t8-/m0/s1. The van der Waals surface area contributed by atoms with Gasteiger partial charge in [0, 0.05) is 6.54 Å². The lowest BCUT2D eigenvalue weighted by molar-refractivity contribution is -0.137. The number of aliphatic carboxylic acids is 1. The monoisotopic (exact) mass is 228 g/mol. The van der Waals surface area contributed by atoms with Crippen molar-refractivity contribution in [2.45, 2.75) is 31.7 Å². The topological polar surface area (TPSA) is 105 Å². The number of guanidine groups is 1. The third-order valence-corrected chi connectivity index (χ3v) is 2.66. The highest BCUT2D eigenvalue weighted by Crippen LogP contribution is 2.11. The Kier molecular flexibility index (Phi) is 5.04. The molecule has 16 heavy (non-hydrogen) atoms. The molecule has 0 spiro atoms. The molecule has 92 valence electrons. The van der Waals surface area contributed by atoms with Crippen molar-refractivity contribution >= 4 is 11.9 Å². The average Bonchev–Trinajstić information content (AvgIpc) is 2.16. The SMILES string of the molecule is NC(N)=N[C@@H](CC(=O)O)CN1CCCCC1. The zero-order valence-electron chi connectivity index (χ0n) is 9.43. The molecule has 0 aromatic heterocycles. The molecule has 1 aliphatic heterocycles. The molecule has 0 aliphatic carbocycles. The number of aliphatic imine (C=N–C) groups is 1. The Morgan fingerprint density at radius 1 is 1.31 bits per heavy atom. The molecule has 5 N–H and O–H groups in total. The number of nitrogens with zero attached hydrogens (tertiary/aromatic N) is 2. The van der Waals surface area contributed by atoms with Crippen LogP contribution in [0.5, 0.6) is 0 Å². The number of carboxylic acids is 1. The number of hydrogen-bond acceptors (Lipinski definition) is 3.